The van der Waals surface area contributed by atoms with Gasteiger partial charge in [0.2, 0.25) is 13.4 Å². The number of fused-ring (bicyclic) bond motifs is 19. The molecule has 27 aromatic rings. The second-order valence-corrected chi connectivity index (χ2v) is 50.6. The number of nitrogens with zero attached hydrogens (tertiary/aromatic N) is 2. The molecule has 3 aromatic heterocycles. The summed E-state index contributed by atoms with van der Waals surface area (Å²) in [6, 6.07) is 160. The normalized spacial score (nSPS) is 12.3. The number of benzene rings is 24. The van der Waals surface area contributed by atoms with Crippen molar-refractivity contribution in [2.24, 2.45) is 0 Å². The molecule has 0 aliphatic rings. The summed E-state index contributed by atoms with van der Waals surface area (Å²) in [5.41, 5.74) is 16.5. The van der Waals surface area contributed by atoms with Gasteiger partial charge in [0.25, 0.3) is 0 Å². The molecule has 0 aliphatic heterocycles. The average Bonchev–Trinajstić information content (AvgIpc) is 0.884. The molecule has 3 nitrogen and oxygen atoms in total. The number of thiophene rings is 2. The predicted octanol–water partition coefficient (Wildman–Crippen LogP) is 30.6. The average molecular weight is 1760 g/mol. The summed E-state index contributed by atoms with van der Waals surface area (Å²) >= 11 is 3.79. The minimum atomic E-state index is -1.53. The molecule has 3 heterocycles. The topological polar surface area (TPSA) is 19.6 Å². The summed E-state index contributed by atoms with van der Waals surface area (Å²) in [6.07, 6.45) is 0. The summed E-state index contributed by atoms with van der Waals surface area (Å²) in [6.45, 7) is 14.5. The number of anilines is 6. The van der Waals surface area contributed by atoms with Crippen LogP contribution in [0.1, 0.15) is 0 Å². The molecule has 0 unspecified atom stereocenters. The van der Waals surface area contributed by atoms with Crippen LogP contribution in [0.4, 0.5) is 34.1 Å². The Bertz CT molecular complexity index is 9250. The van der Waals surface area contributed by atoms with Crippen LogP contribution in [-0.2, 0) is 0 Å². The fraction of sp³-hybridized carbons (Fsp3) is 0.0484. The molecule has 0 amide bonds. The lowest BCUT2D eigenvalue weighted by molar-refractivity contribution is 0.671. The molecule has 133 heavy (non-hydrogen) atoms. The lowest BCUT2D eigenvalue weighted by atomic mass is 9.36. The van der Waals surface area contributed by atoms with E-state index in [2.05, 4.69) is 474 Å². The standard InChI is InChI=1S/C62H50BNOSSi2.C62H38BNS/c1-67(2,3)42-31-27-40(28-32-42)64(41-29-33-43(34-30-41)68(4,5)6)55-38-26-39-25-35-51-52(37-36-48-44-15-7-8-18-47(44)60(55)58(39)59(48)51)63(53-21-13-19-49-45-16-9-11-23-56(45)65-61(49)53)54-22-14-20-50-46-17-10-12-24-57(46)66-62(50)54;1-2-16-44(17-3-1)63(45-31-27-41-26-25-40-14-6-7-18-47(40)54(41)38-45)55-35-34-51-48-19-8-9-21-50(48)61-56(36-30-42-29-33-53(55)60(51)59(42)61)64(46-32-28-39-13-4-5-15-43(39)37-46)57-23-12-22-52-49-20-10-11-24-58(49)65-62(52)57/h7-38H,1-6H3;1-38H. The van der Waals surface area contributed by atoms with Crippen LogP contribution in [0.25, 0.3) is 181 Å². The van der Waals surface area contributed by atoms with Crippen molar-refractivity contribution in [1.29, 1.82) is 0 Å². The second-order valence-electron chi connectivity index (χ2n) is 38.3. The highest BCUT2D eigenvalue weighted by Gasteiger charge is 2.35. The van der Waals surface area contributed by atoms with Crippen molar-refractivity contribution in [2.75, 3.05) is 9.80 Å². The van der Waals surface area contributed by atoms with Crippen LogP contribution in [-0.4, -0.2) is 29.6 Å². The molecule has 0 N–H and O–H groups in total. The minimum Gasteiger partial charge on any atom is -0.457 e. The Kier molecular flexibility index (Phi) is 18.3. The summed E-state index contributed by atoms with van der Waals surface area (Å²) in [5.74, 6) is 0. The Morgan fingerprint density at radius 3 is 1.26 bits per heavy atom. The molecule has 0 aliphatic carbocycles. The second kappa shape index (κ2) is 30.9. The van der Waals surface area contributed by atoms with Gasteiger partial charge in [-0.3, -0.25) is 0 Å². The molecule has 626 valence electrons. The zero-order chi connectivity index (χ0) is 88.6. The SMILES string of the molecule is C[Si](C)(C)c1ccc(N(c2ccc([Si](C)(C)C)cc2)c2ccc3ccc4c(B(c5cccc6c5oc5ccccc56)c5cccc6c5sc5ccccc56)ccc5c6ccccc6c2c3c45)cc1.c1ccc(B(c2ccc3ccc4ccccc4c3c2)c2ccc3c4ccccc4c4c(N(c5ccc6ccccc6c5)c5cccc6c5sc5ccccc56)ccc5ccc2c3c54)cc1. The number of hydrogen-bond acceptors (Lipinski definition) is 5. The molecule has 9 heteroatoms. The van der Waals surface area contributed by atoms with E-state index in [0.29, 0.717) is 0 Å². The molecule has 0 atom stereocenters. The van der Waals surface area contributed by atoms with E-state index in [1.54, 1.807) is 0 Å². The monoisotopic (exact) mass is 1760 g/mol. The van der Waals surface area contributed by atoms with Crippen LogP contribution >= 0.6 is 22.7 Å². The van der Waals surface area contributed by atoms with E-state index in [1.807, 2.05) is 22.7 Å². The Morgan fingerprint density at radius 1 is 0.218 bits per heavy atom. The molecule has 0 radical (unpaired) electrons. The summed E-state index contributed by atoms with van der Waals surface area (Å²) in [4.78, 5) is 5.07. The van der Waals surface area contributed by atoms with E-state index in [1.165, 1.54) is 230 Å². The van der Waals surface area contributed by atoms with Crippen molar-refractivity contribution in [3.8, 4) is 0 Å². The molecule has 24 aromatic carbocycles. The fourth-order valence-corrected chi connectivity index (χ4v) is 27.2. The van der Waals surface area contributed by atoms with E-state index < -0.39 is 16.1 Å². The smallest absolute Gasteiger partial charge is 0.248 e. The van der Waals surface area contributed by atoms with Crippen LogP contribution < -0.4 is 53.0 Å². The van der Waals surface area contributed by atoms with Crippen LogP contribution in [0.15, 0.2) is 429 Å². The predicted molar refractivity (Wildman–Crippen MR) is 591 cm³/mol. The lowest BCUT2D eigenvalue weighted by Crippen LogP contribution is -2.52. The maximum atomic E-state index is 6.94. The number of rotatable bonds is 14. The number of furan rings is 1. The molecule has 0 saturated heterocycles. The van der Waals surface area contributed by atoms with E-state index in [-0.39, 0.29) is 13.4 Å². The highest BCUT2D eigenvalue weighted by molar-refractivity contribution is 7.28. The largest absolute Gasteiger partial charge is 0.457 e. The van der Waals surface area contributed by atoms with E-state index >= 15 is 0 Å². The third-order valence-electron chi connectivity index (χ3n) is 28.8. The zero-order valence-electron chi connectivity index (χ0n) is 74.7. The van der Waals surface area contributed by atoms with Gasteiger partial charge in [-0.15, -0.1) is 22.7 Å². The Morgan fingerprint density at radius 2 is 0.647 bits per heavy atom. The van der Waals surface area contributed by atoms with Gasteiger partial charge >= 0.3 is 0 Å². The van der Waals surface area contributed by atoms with E-state index in [9.17, 15) is 0 Å². The maximum Gasteiger partial charge on any atom is 0.248 e. The van der Waals surface area contributed by atoms with Gasteiger partial charge in [0.1, 0.15) is 11.2 Å². The minimum absolute atomic E-state index is 0.00883. The zero-order valence-corrected chi connectivity index (χ0v) is 78.3. The number of hydrogen-bond donors (Lipinski definition) is 0. The lowest BCUT2D eigenvalue weighted by Gasteiger charge is -2.30. The van der Waals surface area contributed by atoms with Gasteiger partial charge in [0, 0.05) is 79.6 Å². The van der Waals surface area contributed by atoms with Gasteiger partial charge in [-0.25, -0.2) is 0 Å². The van der Waals surface area contributed by atoms with Gasteiger partial charge in [-0.1, -0.05) is 429 Å². The molecular weight excluding hydrogens is 1680 g/mol. The molecule has 0 spiro atoms. The molecule has 0 saturated carbocycles. The van der Waals surface area contributed by atoms with Crippen LogP contribution in [0.3, 0.4) is 0 Å². The first-order valence-corrected chi connectivity index (χ1v) is 55.1. The highest BCUT2D eigenvalue weighted by atomic mass is 32.1. The van der Waals surface area contributed by atoms with Crippen molar-refractivity contribution < 1.29 is 4.42 Å². The first-order chi connectivity index (χ1) is 65.3. The Hall–Kier alpha value is -14.9. The van der Waals surface area contributed by atoms with Crippen LogP contribution in [0.2, 0.25) is 39.3 Å². The summed E-state index contributed by atoms with van der Waals surface area (Å²) < 4.78 is 12.2. The van der Waals surface area contributed by atoms with Crippen LogP contribution in [0, 0.1) is 0 Å². The summed E-state index contributed by atoms with van der Waals surface area (Å²) in [5, 5.41) is 38.4. The van der Waals surface area contributed by atoms with Gasteiger partial charge in [-0.05, 0) is 181 Å². The van der Waals surface area contributed by atoms with E-state index in [0.717, 1.165) is 27.6 Å². The van der Waals surface area contributed by atoms with Crippen molar-refractivity contribution in [2.45, 2.75) is 39.3 Å². The molecular formula is C124H88B2N2OS2Si2. The fourth-order valence-electron chi connectivity index (χ4n) is 22.5. The molecule has 27 rings (SSSR count). The first-order valence-electron chi connectivity index (χ1n) is 46.5. The molecule has 0 fully saturated rings. The van der Waals surface area contributed by atoms with Crippen LogP contribution in [0.5, 0.6) is 0 Å². The quantitative estimate of drug-likeness (QED) is 0.0615. The van der Waals surface area contributed by atoms with Crippen molar-refractivity contribution in [3.63, 3.8) is 0 Å². The third-order valence-corrected chi connectivity index (χ3v) is 35.3. The first kappa shape index (κ1) is 79.0. The van der Waals surface area contributed by atoms with Gasteiger partial charge in [0.15, 0.2) is 0 Å². The van der Waals surface area contributed by atoms with Gasteiger partial charge in [-0.2, -0.15) is 0 Å². The van der Waals surface area contributed by atoms with Crippen molar-refractivity contribution in [1.82, 2.24) is 0 Å². The molecule has 0 bridgehead atoms. The van der Waals surface area contributed by atoms with Crippen molar-refractivity contribution in [3.05, 3.63) is 425 Å². The Balaban J connectivity index is 0.000000139. The third kappa shape index (κ3) is 12.7. The van der Waals surface area contributed by atoms with E-state index in [4.69, 9.17) is 4.42 Å². The summed E-state index contributed by atoms with van der Waals surface area (Å²) in [7, 11) is -3.07. The Labute approximate surface area is 782 Å². The van der Waals surface area contributed by atoms with Gasteiger partial charge < -0.3 is 14.2 Å². The maximum absolute atomic E-state index is 6.94. The van der Waals surface area contributed by atoms with Gasteiger partial charge in [0.05, 0.1) is 37.9 Å². The number of para-hydroxylation sites is 2. The highest BCUT2D eigenvalue weighted by Crippen LogP contribution is 2.53. The van der Waals surface area contributed by atoms with Crippen molar-refractivity contribution >= 4 is 310 Å².